The fraction of sp³-hybridized carbons (Fsp3) is 0.0645. The molecule has 4 aromatic heterocycles. The van der Waals surface area contributed by atoms with E-state index in [1.54, 1.807) is 0 Å². The van der Waals surface area contributed by atoms with E-state index in [9.17, 15) is 0 Å². The molecule has 0 amide bonds. The van der Waals surface area contributed by atoms with Crippen molar-refractivity contribution in [3.8, 4) is 39.3 Å². The number of hydrogen-bond acceptors (Lipinski definition) is 1. The van der Waals surface area contributed by atoms with Gasteiger partial charge in [0.25, 0.3) is 0 Å². The quantitative estimate of drug-likeness (QED) is 0.170. The topological polar surface area (TPSA) is 27.9 Å². The third-order valence-corrected chi connectivity index (χ3v) is 14.2. The predicted molar refractivity (Wildman–Crippen MR) is 277 cm³/mol. The molecule has 9 aromatic carbocycles. The Morgan fingerprint density at radius 1 is 0.394 bits per heavy atom. The lowest BCUT2D eigenvalue weighted by Crippen LogP contribution is -2.05. The van der Waals surface area contributed by atoms with E-state index in [1.165, 1.54) is 105 Å². The van der Waals surface area contributed by atoms with Gasteiger partial charge in [-0.1, -0.05) is 103 Å². The molecule has 1 aliphatic carbocycles. The van der Waals surface area contributed by atoms with Crippen molar-refractivity contribution in [2.24, 2.45) is 5.92 Å². The Bertz CT molecular complexity index is 4160. The molecule has 1 aliphatic rings. The van der Waals surface area contributed by atoms with E-state index in [-0.39, 0.29) is 0 Å². The van der Waals surface area contributed by atoms with Gasteiger partial charge in [-0.25, -0.2) is 0 Å². The lowest BCUT2D eigenvalue weighted by molar-refractivity contribution is 0.669. The zero-order valence-corrected chi connectivity index (χ0v) is 36.7. The van der Waals surface area contributed by atoms with Gasteiger partial charge in [0.2, 0.25) is 0 Å². The van der Waals surface area contributed by atoms with Gasteiger partial charge in [0, 0.05) is 60.5 Å². The Hall–Kier alpha value is -8.34. The first-order valence-electron chi connectivity index (χ1n) is 23.0. The summed E-state index contributed by atoms with van der Waals surface area (Å²) in [6.45, 7) is 4.51. The lowest BCUT2D eigenvalue weighted by Gasteiger charge is -2.15. The third-order valence-electron chi connectivity index (χ3n) is 14.2. The first-order chi connectivity index (χ1) is 32.5. The summed E-state index contributed by atoms with van der Waals surface area (Å²) in [5.41, 5.74) is 20.1. The first kappa shape index (κ1) is 37.1. The Balaban J connectivity index is 0.981. The molecule has 0 saturated carbocycles. The molecule has 0 radical (unpaired) electrons. The van der Waals surface area contributed by atoms with Crippen molar-refractivity contribution >= 4 is 82.5 Å². The van der Waals surface area contributed by atoms with Crippen molar-refractivity contribution in [3.63, 3.8) is 0 Å². The molecule has 0 N–H and O–H groups in total. The van der Waals surface area contributed by atoms with E-state index in [1.807, 2.05) is 6.07 Å². The van der Waals surface area contributed by atoms with Crippen LogP contribution in [-0.2, 0) is 6.42 Å². The average molecular weight is 846 g/mol. The first-order valence-corrected chi connectivity index (χ1v) is 23.0. The van der Waals surface area contributed by atoms with Crippen molar-refractivity contribution in [3.05, 3.63) is 217 Å². The molecule has 0 saturated heterocycles. The summed E-state index contributed by atoms with van der Waals surface area (Å²) in [5, 5.41) is 8.53. The van der Waals surface area contributed by atoms with Crippen LogP contribution in [-0.4, -0.2) is 13.7 Å². The molecule has 4 heteroatoms. The highest BCUT2D eigenvalue weighted by Gasteiger charge is 2.23. The molecule has 0 aliphatic heterocycles. The molecule has 4 heterocycles. The van der Waals surface area contributed by atoms with Gasteiger partial charge in [-0.3, -0.25) is 0 Å². The van der Waals surface area contributed by atoms with E-state index >= 15 is 0 Å². The molecule has 66 heavy (non-hydrogen) atoms. The summed E-state index contributed by atoms with van der Waals surface area (Å²) in [5.74, 6) is 0.485. The number of aromatic nitrogens is 3. The van der Waals surface area contributed by atoms with E-state index in [2.05, 4.69) is 228 Å². The number of allylic oxidation sites excluding steroid dienone is 1. The number of benzene rings is 9. The molecule has 0 spiro atoms. The molecule has 312 valence electrons. The van der Waals surface area contributed by atoms with Gasteiger partial charge < -0.3 is 18.1 Å². The maximum atomic E-state index is 6.30. The summed E-state index contributed by atoms with van der Waals surface area (Å²) >= 11 is 0. The minimum absolute atomic E-state index is 0.485. The largest absolute Gasteiger partial charge is 0.456 e. The van der Waals surface area contributed by atoms with Crippen molar-refractivity contribution in [1.29, 1.82) is 0 Å². The molecule has 0 bridgehead atoms. The third kappa shape index (κ3) is 5.51. The van der Waals surface area contributed by atoms with E-state index < -0.39 is 0 Å². The summed E-state index contributed by atoms with van der Waals surface area (Å²) in [4.78, 5) is 0. The highest BCUT2D eigenvalue weighted by atomic mass is 16.3. The van der Waals surface area contributed by atoms with Crippen LogP contribution in [0.15, 0.2) is 205 Å². The van der Waals surface area contributed by atoms with Crippen LogP contribution in [0.1, 0.15) is 23.7 Å². The Morgan fingerprint density at radius 3 is 1.50 bits per heavy atom. The Morgan fingerprint density at radius 2 is 0.879 bits per heavy atom. The van der Waals surface area contributed by atoms with Gasteiger partial charge in [0.05, 0.1) is 27.6 Å². The van der Waals surface area contributed by atoms with Crippen molar-refractivity contribution < 1.29 is 4.42 Å². The van der Waals surface area contributed by atoms with Gasteiger partial charge >= 0.3 is 0 Å². The number of furan rings is 1. The smallest absolute Gasteiger partial charge is 0.135 e. The SMILES string of the molecule is Cc1ccc2c(c1)c1cc(-c3ccc4c(c3)c3cc(-c5ccc6c(c5)c5c(n6-c6ccccc6)C=CC(C)C5)ccc3n4-c3ccc4oc5ccccc5c4c3)ccc1n2-c1ccccc1. The molecule has 1 unspecified atom stereocenters. The van der Waals surface area contributed by atoms with E-state index in [0.29, 0.717) is 5.92 Å². The van der Waals surface area contributed by atoms with Crippen LogP contribution in [0.3, 0.4) is 0 Å². The monoisotopic (exact) mass is 845 g/mol. The standard InChI is InChI=1S/C62H43N3O/c1-38-17-24-55-48(31-38)50-33-40(19-26-57(50)63(55)44-11-5-3-6-12-44)42-21-28-59-52(35-42)53-36-43(22-29-60(53)65(59)46-23-30-62-54(37-46)47-15-9-10-16-61(47)66-62)41-20-27-58-51(34-41)49-32-39(2)18-25-56(49)64(58)45-13-7-4-8-14-45/h3-31,33-37,39H,32H2,1-2H3. The molecule has 1 atom stereocenters. The second-order valence-corrected chi connectivity index (χ2v) is 18.3. The van der Waals surface area contributed by atoms with Gasteiger partial charge in [-0.15, -0.1) is 0 Å². The van der Waals surface area contributed by atoms with Crippen molar-refractivity contribution in [1.82, 2.24) is 13.7 Å². The van der Waals surface area contributed by atoms with Crippen LogP contribution >= 0.6 is 0 Å². The fourth-order valence-electron chi connectivity index (χ4n) is 11.1. The number of hydrogen-bond donors (Lipinski definition) is 0. The van der Waals surface area contributed by atoms with E-state index in [4.69, 9.17) is 4.42 Å². The summed E-state index contributed by atoms with van der Waals surface area (Å²) < 4.78 is 13.6. The second-order valence-electron chi connectivity index (χ2n) is 18.3. The maximum Gasteiger partial charge on any atom is 0.135 e. The lowest BCUT2D eigenvalue weighted by atomic mass is 9.92. The van der Waals surface area contributed by atoms with Crippen LogP contribution in [0.2, 0.25) is 0 Å². The van der Waals surface area contributed by atoms with Gasteiger partial charge in [0.15, 0.2) is 0 Å². The highest BCUT2D eigenvalue weighted by Crippen LogP contribution is 2.42. The molecule has 14 rings (SSSR count). The summed E-state index contributed by atoms with van der Waals surface area (Å²) in [7, 11) is 0. The molecular formula is C62H43N3O. The fourth-order valence-corrected chi connectivity index (χ4v) is 11.1. The molecular weight excluding hydrogens is 803 g/mol. The molecule has 13 aromatic rings. The molecule has 0 fully saturated rings. The van der Waals surface area contributed by atoms with Crippen molar-refractivity contribution in [2.45, 2.75) is 20.3 Å². The van der Waals surface area contributed by atoms with Crippen LogP contribution < -0.4 is 0 Å². The van der Waals surface area contributed by atoms with Crippen LogP contribution in [0.4, 0.5) is 0 Å². The van der Waals surface area contributed by atoms with Crippen LogP contribution in [0.25, 0.3) is 122 Å². The number of rotatable bonds is 5. The summed E-state index contributed by atoms with van der Waals surface area (Å²) in [6, 6.07) is 71.5. The number of aryl methyl sites for hydroxylation is 1. The van der Waals surface area contributed by atoms with Crippen LogP contribution in [0.5, 0.6) is 0 Å². The van der Waals surface area contributed by atoms with Gasteiger partial charge in [-0.05, 0) is 162 Å². The van der Waals surface area contributed by atoms with Crippen LogP contribution in [0, 0.1) is 12.8 Å². The minimum atomic E-state index is 0.485. The van der Waals surface area contributed by atoms with Crippen molar-refractivity contribution in [2.75, 3.05) is 0 Å². The number of nitrogens with zero attached hydrogens (tertiary/aromatic N) is 3. The second kappa shape index (κ2) is 14.1. The predicted octanol–water partition coefficient (Wildman–Crippen LogP) is 16.6. The Kier molecular flexibility index (Phi) is 7.91. The number of para-hydroxylation sites is 3. The zero-order chi connectivity index (χ0) is 43.6. The summed E-state index contributed by atoms with van der Waals surface area (Å²) in [6.07, 6.45) is 5.71. The highest BCUT2D eigenvalue weighted by molar-refractivity contribution is 6.14. The zero-order valence-electron chi connectivity index (χ0n) is 36.7. The minimum Gasteiger partial charge on any atom is -0.456 e. The normalized spacial score (nSPS) is 13.9. The average Bonchev–Trinajstić information content (AvgIpc) is 4.09. The van der Waals surface area contributed by atoms with Gasteiger partial charge in [0.1, 0.15) is 11.2 Å². The van der Waals surface area contributed by atoms with E-state index in [0.717, 1.165) is 34.0 Å². The van der Waals surface area contributed by atoms with Gasteiger partial charge in [-0.2, -0.15) is 0 Å². The Labute approximate surface area is 381 Å². The number of fused-ring (bicyclic) bond motifs is 12. The maximum absolute atomic E-state index is 6.30. The molecule has 4 nitrogen and oxygen atoms in total.